The van der Waals surface area contributed by atoms with Gasteiger partial charge in [-0.1, -0.05) is 66.7 Å². The number of rotatable bonds is 6. The standard InChI is InChI=1S/C23H20O2/c1-18-16-21(25-17-20-10-6-3-7-11-20)13-14-22(18)23(24)15-12-19-8-4-2-5-9-19/h2-16H,17H2,1H3/b15-12+. The highest BCUT2D eigenvalue weighted by molar-refractivity contribution is 6.07. The van der Waals surface area contributed by atoms with Gasteiger partial charge < -0.3 is 4.74 Å². The van der Waals surface area contributed by atoms with Crippen molar-refractivity contribution in [1.82, 2.24) is 0 Å². The second-order valence-corrected chi connectivity index (χ2v) is 5.86. The third-order valence-electron chi connectivity index (χ3n) is 3.94. The van der Waals surface area contributed by atoms with Gasteiger partial charge in [-0.2, -0.15) is 0 Å². The second kappa shape index (κ2) is 8.11. The summed E-state index contributed by atoms with van der Waals surface area (Å²) < 4.78 is 5.81. The van der Waals surface area contributed by atoms with Crippen LogP contribution in [0.5, 0.6) is 5.75 Å². The number of carbonyl (C=O) groups excluding carboxylic acids is 1. The summed E-state index contributed by atoms with van der Waals surface area (Å²) in [5.74, 6) is 0.765. The summed E-state index contributed by atoms with van der Waals surface area (Å²) in [4.78, 5) is 12.4. The maximum atomic E-state index is 12.4. The number of ether oxygens (including phenoxy) is 1. The Hall–Kier alpha value is -3.13. The minimum absolute atomic E-state index is 0.00374. The Morgan fingerprint density at radius 2 is 1.60 bits per heavy atom. The maximum Gasteiger partial charge on any atom is 0.186 e. The Balaban J connectivity index is 1.67. The van der Waals surface area contributed by atoms with Crippen molar-refractivity contribution in [3.8, 4) is 5.75 Å². The van der Waals surface area contributed by atoms with Crippen molar-refractivity contribution in [2.45, 2.75) is 13.5 Å². The summed E-state index contributed by atoms with van der Waals surface area (Å²) in [5.41, 5.74) is 3.73. The zero-order valence-corrected chi connectivity index (χ0v) is 14.2. The van der Waals surface area contributed by atoms with Gasteiger partial charge in [0.1, 0.15) is 12.4 Å². The van der Waals surface area contributed by atoms with Gasteiger partial charge in [-0.25, -0.2) is 0 Å². The van der Waals surface area contributed by atoms with E-state index in [1.165, 1.54) is 0 Å². The molecule has 124 valence electrons. The van der Waals surface area contributed by atoms with Crippen LogP contribution in [0.3, 0.4) is 0 Å². The number of aryl methyl sites for hydroxylation is 1. The molecule has 0 radical (unpaired) electrons. The number of allylic oxidation sites excluding steroid dienone is 1. The summed E-state index contributed by atoms with van der Waals surface area (Å²) in [6, 6.07) is 25.4. The monoisotopic (exact) mass is 328 g/mol. The fourth-order valence-corrected chi connectivity index (χ4v) is 2.57. The number of hydrogen-bond donors (Lipinski definition) is 0. The molecule has 3 aromatic carbocycles. The van der Waals surface area contributed by atoms with Crippen molar-refractivity contribution in [3.63, 3.8) is 0 Å². The van der Waals surface area contributed by atoms with Gasteiger partial charge in [-0.3, -0.25) is 4.79 Å². The highest BCUT2D eigenvalue weighted by Crippen LogP contribution is 2.19. The van der Waals surface area contributed by atoms with E-state index in [0.717, 1.165) is 22.4 Å². The average Bonchev–Trinajstić information content (AvgIpc) is 2.66. The first-order valence-corrected chi connectivity index (χ1v) is 8.27. The number of carbonyl (C=O) groups is 1. The van der Waals surface area contributed by atoms with Crippen LogP contribution in [0, 0.1) is 6.92 Å². The summed E-state index contributed by atoms with van der Waals surface area (Å²) in [7, 11) is 0. The predicted molar refractivity (Wildman–Crippen MR) is 102 cm³/mol. The molecule has 0 spiro atoms. The molecule has 0 saturated heterocycles. The first-order chi connectivity index (χ1) is 12.2. The minimum Gasteiger partial charge on any atom is -0.489 e. The normalized spacial score (nSPS) is 10.8. The lowest BCUT2D eigenvalue weighted by molar-refractivity contribution is 0.104. The van der Waals surface area contributed by atoms with E-state index < -0.39 is 0 Å². The van der Waals surface area contributed by atoms with Gasteiger partial charge in [0.05, 0.1) is 0 Å². The molecule has 0 N–H and O–H groups in total. The van der Waals surface area contributed by atoms with E-state index in [9.17, 15) is 4.79 Å². The lowest BCUT2D eigenvalue weighted by atomic mass is 10.0. The second-order valence-electron chi connectivity index (χ2n) is 5.86. The van der Waals surface area contributed by atoms with Crippen molar-refractivity contribution < 1.29 is 9.53 Å². The molecule has 0 aliphatic rings. The van der Waals surface area contributed by atoms with Crippen molar-refractivity contribution in [1.29, 1.82) is 0 Å². The summed E-state index contributed by atoms with van der Waals surface area (Å²) in [6.07, 6.45) is 3.45. The van der Waals surface area contributed by atoms with Gasteiger partial charge in [0.25, 0.3) is 0 Å². The first kappa shape index (κ1) is 16.7. The third kappa shape index (κ3) is 4.67. The first-order valence-electron chi connectivity index (χ1n) is 8.27. The fourth-order valence-electron chi connectivity index (χ4n) is 2.57. The molecule has 0 unspecified atom stereocenters. The van der Waals surface area contributed by atoms with Gasteiger partial charge >= 0.3 is 0 Å². The Labute approximate surface area is 148 Å². The molecular formula is C23H20O2. The molecule has 0 amide bonds. The van der Waals surface area contributed by atoms with Crippen LogP contribution in [-0.2, 0) is 6.61 Å². The van der Waals surface area contributed by atoms with Crippen molar-refractivity contribution in [3.05, 3.63) is 107 Å². The van der Waals surface area contributed by atoms with E-state index in [4.69, 9.17) is 4.74 Å². The molecule has 0 aromatic heterocycles. The van der Waals surface area contributed by atoms with Crippen LogP contribution < -0.4 is 4.74 Å². The van der Waals surface area contributed by atoms with Crippen LogP contribution in [0.15, 0.2) is 84.9 Å². The molecule has 0 heterocycles. The number of hydrogen-bond acceptors (Lipinski definition) is 2. The molecule has 2 heteroatoms. The molecule has 0 saturated carbocycles. The Morgan fingerprint density at radius 1 is 0.920 bits per heavy atom. The predicted octanol–water partition coefficient (Wildman–Crippen LogP) is 5.47. The van der Waals surface area contributed by atoms with E-state index in [1.807, 2.05) is 91.9 Å². The fraction of sp³-hybridized carbons (Fsp3) is 0.0870. The van der Waals surface area contributed by atoms with Crippen molar-refractivity contribution in [2.75, 3.05) is 0 Å². The topological polar surface area (TPSA) is 26.3 Å². The van der Waals surface area contributed by atoms with E-state index >= 15 is 0 Å². The number of ketones is 1. The molecule has 0 atom stereocenters. The molecule has 0 bridgehead atoms. The van der Waals surface area contributed by atoms with Crippen LogP contribution in [0.4, 0.5) is 0 Å². The van der Waals surface area contributed by atoms with E-state index in [-0.39, 0.29) is 5.78 Å². The van der Waals surface area contributed by atoms with Crippen LogP contribution in [0.25, 0.3) is 6.08 Å². The maximum absolute atomic E-state index is 12.4. The summed E-state index contributed by atoms with van der Waals surface area (Å²) in [6.45, 7) is 2.44. The highest BCUT2D eigenvalue weighted by Gasteiger charge is 2.07. The Morgan fingerprint density at radius 3 is 2.28 bits per heavy atom. The van der Waals surface area contributed by atoms with Crippen LogP contribution >= 0.6 is 0 Å². The van der Waals surface area contributed by atoms with Crippen molar-refractivity contribution in [2.24, 2.45) is 0 Å². The quantitative estimate of drug-likeness (QED) is 0.443. The summed E-state index contributed by atoms with van der Waals surface area (Å²) in [5, 5.41) is 0. The van der Waals surface area contributed by atoms with Crippen LogP contribution in [-0.4, -0.2) is 5.78 Å². The molecule has 2 nitrogen and oxygen atoms in total. The number of benzene rings is 3. The average molecular weight is 328 g/mol. The molecule has 3 aromatic rings. The van der Waals surface area contributed by atoms with Gasteiger partial charge in [-0.05, 0) is 47.9 Å². The lowest BCUT2D eigenvalue weighted by Gasteiger charge is -2.09. The molecule has 0 fully saturated rings. The van der Waals surface area contributed by atoms with Gasteiger partial charge in [0.2, 0.25) is 0 Å². The molecule has 25 heavy (non-hydrogen) atoms. The van der Waals surface area contributed by atoms with Crippen LogP contribution in [0.1, 0.15) is 27.0 Å². The summed E-state index contributed by atoms with van der Waals surface area (Å²) >= 11 is 0. The highest BCUT2D eigenvalue weighted by atomic mass is 16.5. The molecule has 0 aliphatic carbocycles. The lowest BCUT2D eigenvalue weighted by Crippen LogP contribution is -2.00. The zero-order valence-electron chi connectivity index (χ0n) is 14.2. The Kier molecular flexibility index (Phi) is 5.43. The minimum atomic E-state index is -0.00374. The van der Waals surface area contributed by atoms with Crippen molar-refractivity contribution >= 4 is 11.9 Å². The van der Waals surface area contributed by atoms with E-state index in [0.29, 0.717) is 12.2 Å². The van der Waals surface area contributed by atoms with E-state index in [1.54, 1.807) is 6.08 Å². The Bertz CT molecular complexity index is 865. The smallest absolute Gasteiger partial charge is 0.186 e. The van der Waals surface area contributed by atoms with E-state index in [2.05, 4.69) is 0 Å². The largest absolute Gasteiger partial charge is 0.489 e. The molecule has 3 rings (SSSR count). The third-order valence-corrected chi connectivity index (χ3v) is 3.94. The van der Waals surface area contributed by atoms with Crippen LogP contribution in [0.2, 0.25) is 0 Å². The molecular weight excluding hydrogens is 308 g/mol. The van der Waals surface area contributed by atoms with Gasteiger partial charge in [0, 0.05) is 5.56 Å². The van der Waals surface area contributed by atoms with Gasteiger partial charge in [-0.15, -0.1) is 0 Å². The zero-order chi connectivity index (χ0) is 17.5. The van der Waals surface area contributed by atoms with Gasteiger partial charge in [0.15, 0.2) is 5.78 Å². The SMILES string of the molecule is Cc1cc(OCc2ccccc2)ccc1C(=O)/C=C/c1ccccc1. The molecule has 0 aliphatic heterocycles.